The summed E-state index contributed by atoms with van der Waals surface area (Å²) in [4.78, 5) is 4.11. The summed E-state index contributed by atoms with van der Waals surface area (Å²) < 4.78 is 5.82. The quantitative estimate of drug-likeness (QED) is 0.856. The predicted octanol–water partition coefficient (Wildman–Crippen LogP) is 2.35. The van der Waals surface area contributed by atoms with E-state index < -0.39 is 0 Å². The first kappa shape index (κ1) is 14.3. The average Bonchev–Trinajstić information content (AvgIpc) is 2.37. The zero-order valence-corrected chi connectivity index (χ0v) is 11.9. The van der Waals surface area contributed by atoms with E-state index in [0.717, 1.165) is 38.0 Å². The summed E-state index contributed by atoms with van der Waals surface area (Å²) in [6.45, 7) is 6.14. The van der Waals surface area contributed by atoms with E-state index in [1.54, 1.807) is 6.20 Å². The molecule has 2 unspecified atom stereocenters. The largest absolute Gasteiger partial charge is 0.383 e. The first-order chi connectivity index (χ1) is 9.15. The molecule has 0 amide bonds. The maximum atomic E-state index is 5.85. The molecule has 1 aliphatic heterocycles. The summed E-state index contributed by atoms with van der Waals surface area (Å²) in [6, 6.07) is 4.48. The van der Waals surface area contributed by atoms with Gasteiger partial charge in [0.2, 0.25) is 0 Å². The number of rotatable bonds is 5. The number of pyridine rings is 1. The Morgan fingerprint density at radius 2 is 2.37 bits per heavy atom. The van der Waals surface area contributed by atoms with E-state index in [0.29, 0.717) is 23.9 Å². The molecular formula is C15H25N3O. The van der Waals surface area contributed by atoms with Gasteiger partial charge in [-0.05, 0) is 31.2 Å². The number of anilines is 1. The highest BCUT2D eigenvalue weighted by Crippen LogP contribution is 2.20. The van der Waals surface area contributed by atoms with Crippen molar-refractivity contribution in [1.82, 2.24) is 10.3 Å². The Hall–Kier alpha value is -1.13. The summed E-state index contributed by atoms with van der Waals surface area (Å²) >= 11 is 0. The van der Waals surface area contributed by atoms with Crippen LogP contribution in [0.4, 0.5) is 5.82 Å². The maximum Gasteiger partial charge on any atom is 0.127 e. The fourth-order valence-electron chi connectivity index (χ4n) is 2.61. The van der Waals surface area contributed by atoms with E-state index in [1.165, 1.54) is 0 Å². The third-order valence-corrected chi connectivity index (χ3v) is 3.61. The summed E-state index contributed by atoms with van der Waals surface area (Å²) in [6.07, 6.45) is 5.45. The molecule has 4 heteroatoms. The second-order valence-electron chi connectivity index (χ2n) is 5.77. The van der Waals surface area contributed by atoms with Gasteiger partial charge in [0.05, 0.1) is 6.10 Å². The van der Waals surface area contributed by atoms with Gasteiger partial charge in [-0.2, -0.15) is 0 Å². The van der Waals surface area contributed by atoms with Crippen molar-refractivity contribution in [2.75, 3.05) is 12.3 Å². The second-order valence-corrected chi connectivity index (χ2v) is 5.77. The standard InChI is InChI=1S/C15H25N3O/c1-11(2)8-14-9-13(5-7-19-14)18-10-12-4-3-6-17-15(12)16/h3-4,6,11,13-14,18H,5,7-10H2,1-2H3,(H2,16,17). The van der Waals surface area contributed by atoms with Crippen molar-refractivity contribution in [3.05, 3.63) is 23.9 Å². The number of nitrogens with one attached hydrogen (secondary N) is 1. The van der Waals surface area contributed by atoms with E-state index in [-0.39, 0.29) is 0 Å². The van der Waals surface area contributed by atoms with Gasteiger partial charge in [0.1, 0.15) is 5.82 Å². The minimum atomic E-state index is 0.400. The number of hydrogen-bond donors (Lipinski definition) is 2. The molecule has 3 N–H and O–H groups in total. The molecule has 0 saturated carbocycles. The SMILES string of the molecule is CC(C)CC1CC(NCc2cccnc2N)CCO1. The molecule has 0 aromatic carbocycles. The lowest BCUT2D eigenvalue weighted by molar-refractivity contribution is -0.00956. The fraction of sp³-hybridized carbons (Fsp3) is 0.667. The Bertz CT molecular complexity index is 395. The van der Waals surface area contributed by atoms with E-state index in [1.807, 2.05) is 12.1 Å². The first-order valence-corrected chi connectivity index (χ1v) is 7.19. The van der Waals surface area contributed by atoms with E-state index in [4.69, 9.17) is 10.5 Å². The van der Waals surface area contributed by atoms with Crippen LogP contribution in [0.2, 0.25) is 0 Å². The van der Waals surface area contributed by atoms with Crippen molar-refractivity contribution in [1.29, 1.82) is 0 Å². The van der Waals surface area contributed by atoms with Crippen LogP contribution in [-0.2, 0) is 11.3 Å². The lowest BCUT2D eigenvalue weighted by atomic mass is 9.96. The van der Waals surface area contributed by atoms with Crippen molar-refractivity contribution in [2.24, 2.45) is 5.92 Å². The molecule has 2 heterocycles. The summed E-state index contributed by atoms with van der Waals surface area (Å²) in [7, 11) is 0. The van der Waals surface area contributed by atoms with Gasteiger partial charge in [0.25, 0.3) is 0 Å². The molecule has 0 bridgehead atoms. The molecular weight excluding hydrogens is 238 g/mol. The maximum absolute atomic E-state index is 5.85. The van der Waals surface area contributed by atoms with Crippen LogP contribution in [0.25, 0.3) is 0 Å². The van der Waals surface area contributed by atoms with Gasteiger partial charge in [-0.1, -0.05) is 19.9 Å². The minimum absolute atomic E-state index is 0.400. The minimum Gasteiger partial charge on any atom is -0.383 e. The zero-order chi connectivity index (χ0) is 13.7. The van der Waals surface area contributed by atoms with Crippen LogP contribution in [0.15, 0.2) is 18.3 Å². The fourth-order valence-corrected chi connectivity index (χ4v) is 2.61. The smallest absolute Gasteiger partial charge is 0.127 e. The van der Waals surface area contributed by atoms with Crippen LogP contribution in [-0.4, -0.2) is 23.7 Å². The lowest BCUT2D eigenvalue weighted by Crippen LogP contribution is -2.39. The molecule has 2 rings (SSSR count). The Kier molecular flexibility index (Phi) is 5.16. The number of nitrogens with two attached hydrogens (primary N) is 1. The molecule has 1 aliphatic rings. The Balaban J connectivity index is 1.81. The zero-order valence-electron chi connectivity index (χ0n) is 11.9. The molecule has 1 saturated heterocycles. The number of ether oxygens (including phenoxy) is 1. The van der Waals surface area contributed by atoms with Crippen molar-refractivity contribution in [3.8, 4) is 0 Å². The predicted molar refractivity (Wildman–Crippen MR) is 77.7 cm³/mol. The van der Waals surface area contributed by atoms with Gasteiger partial charge in [-0.3, -0.25) is 0 Å². The number of nitrogen functional groups attached to an aromatic ring is 1. The van der Waals surface area contributed by atoms with Gasteiger partial charge in [0, 0.05) is 31.0 Å². The topological polar surface area (TPSA) is 60.2 Å². The van der Waals surface area contributed by atoms with Gasteiger partial charge in [-0.15, -0.1) is 0 Å². The highest BCUT2D eigenvalue weighted by molar-refractivity contribution is 5.38. The lowest BCUT2D eigenvalue weighted by Gasteiger charge is -2.31. The third kappa shape index (κ3) is 4.48. The molecule has 19 heavy (non-hydrogen) atoms. The van der Waals surface area contributed by atoms with Crippen LogP contribution in [0.3, 0.4) is 0 Å². The van der Waals surface area contributed by atoms with Crippen molar-refractivity contribution in [2.45, 2.75) is 51.8 Å². The normalized spacial score (nSPS) is 23.7. The Morgan fingerprint density at radius 1 is 1.53 bits per heavy atom. The molecule has 106 valence electrons. The van der Waals surface area contributed by atoms with E-state index in [9.17, 15) is 0 Å². The van der Waals surface area contributed by atoms with Crippen molar-refractivity contribution >= 4 is 5.82 Å². The highest BCUT2D eigenvalue weighted by Gasteiger charge is 2.22. The van der Waals surface area contributed by atoms with E-state index >= 15 is 0 Å². The van der Waals surface area contributed by atoms with Gasteiger partial charge in [0.15, 0.2) is 0 Å². The molecule has 0 radical (unpaired) electrons. The van der Waals surface area contributed by atoms with Crippen LogP contribution in [0.1, 0.15) is 38.7 Å². The van der Waals surface area contributed by atoms with Crippen LogP contribution in [0.5, 0.6) is 0 Å². The first-order valence-electron chi connectivity index (χ1n) is 7.19. The van der Waals surface area contributed by atoms with Gasteiger partial charge < -0.3 is 15.8 Å². The number of hydrogen-bond acceptors (Lipinski definition) is 4. The molecule has 4 nitrogen and oxygen atoms in total. The summed E-state index contributed by atoms with van der Waals surface area (Å²) in [5.41, 5.74) is 6.93. The summed E-state index contributed by atoms with van der Waals surface area (Å²) in [5.74, 6) is 1.32. The second kappa shape index (κ2) is 6.87. The van der Waals surface area contributed by atoms with Crippen molar-refractivity contribution < 1.29 is 4.74 Å². The molecule has 1 aromatic heterocycles. The summed E-state index contributed by atoms with van der Waals surface area (Å²) in [5, 5.41) is 3.58. The van der Waals surface area contributed by atoms with Crippen LogP contribution < -0.4 is 11.1 Å². The van der Waals surface area contributed by atoms with E-state index in [2.05, 4.69) is 24.1 Å². The Labute approximate surface area is 115 Å². The number of aromatic nitrogens is 1. The Morgan fingerprint density at radius 3 is 3.11 bits per heavy atom. The molecule has 0 spiro atoms. The van der Waals surface area contributed by atoms with Crippen LogP contribution in [0, 0.1) is 5.92 Å². The third-order valence-electron chi connectivity index (χ3n) is 3.61. The van der Waals surface area contributed by atoms with Gasteiger partial charge >= 0.3 is 0 Å². The molecule has 0 aliphatic carbocycles. The molecule has 1 aromatic rings. The number of nitrogens with zero attached hydrogens (tertiary/aromatic N) is 1. The van der Waals surface area contributed by atoms with Crippen molar-refractivity contribution in [3.63, 3.8) is 0 Å². The monoisotopic (exact) mass is 263 g/mol. The highest BCUT2D eigenvalue weighted by atomic mass is 16.5. The molecule has 2 atom stereocenters. The molecule has 1 fully saturated rings. The van der Waals surface area contributed by atoms with Crippen LogP contribution >= 0.6 is 0 Å². The van der Waals surface area contributed by atoms with Gasteiger partial charge in [-0.25, -0.2) is 4.98 Å². The average molecular weight is 263 g/mol.